The van der Waals surface area contributed by atoms with E-state index in [1.54, 1.807) is 6.92 Å². The zero-order chi connectivity index (χ0) is 6.78. The van der Waals surface area contributed by atoms with Crippen molar-refractivity contribution in [1.82, 2.24) is 0 Å². The summed E-state index contributed by atoms with van der Waals surface area (Å²) in [5.74, 6) is 2.03. The summed E-state index contributed by atoms with van der Waals surface area (Å²) in [5.41, 5.74) is 0. The van der Waals surface area contributed by atoms with Gasteiger partial charge in [-0.1, -0.05) is 0 Å². The minimum Gasteiger partial charge on any atom is -0.295 e. The molecule has 48 valence electrons. The van der Waals surface area contributed by atoms with Gasteiger partial charge in [0.05, 0.1) is 0 Å². The fraction of sp³-hybridized carbons (Fsp3) is 0.667. The number of Topliss-reactive ketones (excluding diaryl/α,β-unsaturated/α-hetero) is 1. The SMILES string of the molecule is CC(=O)C=P(C)(C)C. The van der Waals surface area contributed by atoms with Crippen molar-refractivity contribution in [2.75, 3.05) is 20.0 Å². The zero-order valence-corrected chi connectivity index (χ0v) is 6.83. The van der Waals surface area contributed by atoms with Crippen molar-refractivity contribution in [3.05, 3.63) is 0 Å². The molecular weight excluding hydrogens is 119 g/mol. The average molecular weight is 132 g/mol. The van der Waals surface area contributed by atoms with Crippen molar-refractivity contribution in [2.45, 2.75) is 6.92 Å². The summed E-state index contributed by atoms with van der Waals surface area (Å²) in [4.78, 5) is 10.4. The fourth-order valence-corrected chi connectivity index (χ4v) is 1.64. The van der Waals surface area contributed by atoms with Crippen molar-refractivity contribution in [3.63, 3.8) is 0 Å². The Morgan fingerprint density at radius 1 is 1.38 bits per heavy atom. The fourth-order valence-electron chi connectivity index (χ4n) is 0.545. The van der Waals surface area contributed by atoms with Gasteiger partial charge in [0.2, 0.25) is 0 Å². The summed E-state index contributed by atoms with van der Waals surface area (Å²) in [5, 5.41) is 0. The Hall–Kier alpha value is -0.0300. The number of hydrogen-bond acceptors (Lipinski definition) is 1. The largest absolute Gasteiger partial charge is 0.295 e. The lowest BCUT2D eigenvalue weighted by Crippen LogP contribution is -1.91. The summed E-state index contributed by atoms with van der Waals surface area (Å²) in [6.45, 7) is 7.01. The van der Waals surface area contributed by atoms with Crippen molar-refractivity contribution < 1.29 is 4.79 Å². The highest BCUT2D eigenvalue weighted by atomic mass is 31.2. The molecular formula is C6H13OP. The van der Waals surface area contributed by atoms with Crippen LogP contribution < -0.4 is 0 Å². The van der Waals surface area contributed by atoms with Crippen LogP contribution in [0.1, 0.15) is 6.92 Å². The Morgan fingerprint density at radius 2 is 1.75 bits per heavy atom. The third-order valence-corrected chi connectivity index (χ3v) is 1.71. The molecule has 0 heterocycles. The molecule has 0 fully saturated rings. The first kappa shape index (κ1) is 7.97. The van der Waals surface area contributed by atoms with Crippen LogP contribution in [-0.2, 0) is 4.79 Å². The molecule has 0 bridgehead atoms. The van der Waals surface area contributed by atoms with Crippen molar-refractivity contribution in [2.24, 2.45) is 0 Å². The molecule has 0 aliphatic carbocycles. The number of carbonyl (C=O) groups is 1. The van der Waals surface area contributed by atoms with Crippen LogP contribution in [0, 0.1) is 0 Å². The Balaban J connectivity index is 4.17. The van der Waals surface area contributed by atoms with E-state index in [0.29, 0.717) is 0 Å². The molecule has 0 spiro atoms. The first-order valence-electron chi connectivity index (χ1n) is 2.59. The quantitative estimate of drug-likeness (QED) is 0.491. The summed E-state index contributed by atoms with van der Waals surface area (Å²) < 4.78 is 0. The van der Waals surface area contributed by atoms with Gasteiger partial charge in [-0.15, -0.1) is 6.89 Å². The van der Waals surface area contributed by atoms with Gasteiger partial charge in [-0.3, -0.25) is 4.79 Å². The molecule has 0 unspecified atom stereocenters. The Kier molecular flexibility index (Phi) is 2.49. The number of hydrogen-bond donors (Lipinski definition) is 0. The molecule has 0 amide bonds. The van der Waals surface area contributed by atoms with Crippen LogP contribution in [0.2, 0.25) is 0 Å². The van der Waals surface area contributed by atoms with Crippen LogP contribution in [0.15, 0.2) is 0 Å². The molecule has 1 nitrogen and oxygen atoms in total. The smallest absolute Gasteiger partial charge is 0.152 e. The second-order valence-corrected chi connectivity index (χ2v) is 7.35. The normalized spacial score (nSPS) is 11.0. The molecule has 0 radical (unpaired) electrons. The first-order valence-corrected chi connectivity index (χ1v) is 5.79. The maximum atomic E-state index is 10.4. The Labute approximate surface area is 51.1 Å². The maximum absolute atomic E-state index is 10.4. The minimum absolute atomic E-state index is 0.200. The predicted molar refractivity (Wildman–Crippen MR) is 41.4 cm³/mol. The molecule has 0 rings (SSSR count). The third-order valence-electron chi connectivity index (χ3n) is 0.569. The van der Waals surface area contributed by atoms with Crippen molar-refractivity contribution in [3.8, 4) is 0 Å². The molecule has 0 saturated carbocycles. The van der Waals surface area contributed by atoms with Gasteiger partial charge in [-0.2, -0.15) is 0 Å². The van der Waals surface area contributed by atoms with Gasteiger partial charge in [-0.25, -0.2) is 0 Å². The van der Waals surface area contributed by atoms with E-state index in [9.17, 15) is 4.79 Å². The molecule has 0 aromatic carbocycles. The van der Waals surface area contributed by atoms with Crippen molar-refractivity contribution in [1.29, 1.82) is 0 Å². The summed E-state index contributed by atoms with van der Waals surface area (Å²) >= 11 is 0. The van der Waals surface area contributed by atoms with Crippen LogP contribution in [-0.4, -0.2) is 31.6 Å². The molecule has 2 heteroatoms. The Morgan fingerprint density at radius 3 is 1.75 bits per heavy atom. The molecule has 0 aromatic heterocycles. The molecule has 0 atom stereocenters. The highest BCUT2D eigenvalue weighted by Crippen LogP contribution is 2.30. The summed E-state index contributed by atoms with van der Waals surface area (Å²) in [6, 6.07) is 0. The molecule has 0 N–H and O–H groups in total. The van der Waals surface area contributed by atoms with Crippen LogP contribution in [0.4, 0.5) is 0 Å². The minimum atomic E-state index is -0.946. The highest BCUT2D eigenvalue weighted by molar-refractivity contribution is 7.74. The second kappa shape index (κ2) is 2.50. The lowest BCUT2D eigenvalue weighted by Gasteiger charge is -2.02. The van der Waals surface area contributed by atoms with Crippen LogP contribution in [0.25, 0.3) is 0 Å². The van der Waals surface area contributed by atoms with E-state index in [2.05, 4.69) is 20.0 Å². The van der Waals surface area contributed by atoms with Gasteiger partial charge < -0.3 is 0 Å². The maximum Gasteiger partial charge on any atom is 0.152 e. The average Bonchev–Trinajstić information content (AvgIpc) is 1.21. The van der Waals surface area contributed by atoms with E-state index >= 15 is 0 Å². The number of rotatable bonds is 1. The molecule has 8 heavy (non-hydrogen) atoms. The molecule has 0 aliphatic heterocycles. The van der Waals surface area contributed by atoms with E-state index < -0.39 is 6.89 Å². The first-order chi connectivity index (χ1) is 3.42. The lowest BCUT2D eigenvalue weighted by molar-refractivity contribution is -0.110. The van der Waals surface area contributed by atoms with Crippen molar-refractivity contribution >= 4 is 18.5 Å². The lowest BCUT2D eigenvalue weighted by atomic mass is 10.5. The molecule has 0 saturated heterocycles. The summed E-state index contributed by atoms with van der Waals surface area (Å²) in [7, 11) is 0. The standard InChI is InChI=1S/C6H13OP/c1-6(7)5-8(2,3)4/h5H,1-4H3. The van der Waals surface area contributed by atoms with Crippen LogP contribution in [0.5, 0.6) is 0 Å². The topological polar surface area (TPSA) is 17.1 Å². The van der Waals surface area contributed by atoms with Gasteiger partial charge in [0.25, 0.3) is 0 Å². The number of carbonyl (C=O) groups excluding carboxylic acids is 1. The third kappa shape index (κ3) is 5.97. The monoisotopic (exact) mass is 132 g/mol. The highest BCUT2D eigenvalue weighted by Gasteiger charge is 1.93. The van der Waals surface area contributed by atoms with E-state index in [0.717, 1.165) is 0 Å². The van der Waals surface area contributed by atoms with Crippen LogP contribution in [0.3, 0.4) is 0 Å². The second-order valence-electron chi connectivity index (χ2n) is 2.86. The number of ketones is 1. The van der Waals surface area contributed by atoms with Gasteiger partial charge in [0.15, 0.2) is 5.78 Å². The Bertz CT molecular complexity index is 132. The molecule has 0 aliphatic rings. The van der Waals surface area contributed by atoms with E-state index in [-0.39, 0.29) is 5.78 Å². The van der Waals surface area contributed by atoms with Gasteiger partial charge in [0, 0.05) is 0 Å². The van der Waals surface area contributed by atoms with Gasteiger partial charge in [-0.05, 0) is 32.7 Å². The zero-order valence-electron chi connectivity index (χ0n) is 5.93. The van der Waals surface area contributed by atoms with Gasteiger partial charge in [0.1, 0.15) is 0 Å². The van der Waals surface area contributed by atoms with E-state index in [1.165, 1.54) is 0 Å². The molecule has 0 aromatic rings. The summed E-state index contributed by atoms with van der Waals surface area (Å²) in [6.07, 6.45) is 0. The van der Waals surface area contributed by atoms with Gasteiger partial charge >= 0.3 is 0 Å². The predicted octanol–water partition coefficient (Wildman–Crippen LogP) is 1.28. The van der Waals surface area contributed by atoms with Crippen LogP contribution >= 0.6 is 6.89 Å². The van der Waals surface area contributed by atoms with E-state index in [1.807, 2.05) is 5.80 Å². The van der Waals surface area contributed by atoms with E-state index in [4.69, 9.17) is 0 Å².